The zero-order valence-electron chi connectivity index (χ0n) is 15.6. The fourth-order valence-electron chi connectivity index (χ4n) is 3.29. The molecule has 0 saturated carbocycles. The van der Waals surface area contributed by atoms with Gasteiger partial charge in [-0.05, 0) is 50.6 Å². The lowest BCUT2D eigenvalue weighted by atomic mass is 10.0. The number of nitrogens with one attached hydrogen (secondary N) is 2. The Morgan fingerprint density at radius 1 is 1.25 bits per heavy atom. The van der Waals surface area contributed by atoms with Crippen LogP contribution in [0.2, 0.25) is 0 Å². The fraction of sp³-hybridized carbons (Fsp3) is 0.400. The third kappa shape index (κ3) is 4.95. The lowest BCUT2D eigenvalue weighted by Crippen LogP contribution is -2.52. The number of hydrogen-bond acceptors (Lipinski definition) is 4. The summed E-state index contributed by atoms with van der Waals surface area (Å²) in [5, 5.41) is 5.48. The Morgan fingerprint density at radius 2 is 2.00 bits per heavy atom. The number of piperidine rings is 1. The van der Waals surface area contributed by atoms with Crippen LogP contribution >= 0.6 is 0 Å². The molecule has 0 aliphatic carbocycles. The molecule has 6 nitrogen and oxygen atoms in total. The zero-order chi connectivity index (χ0) is 20.1. The Labute approximate surface area is 161 Å². The van der Waals surface area contributed by atoms with E-state index in [1.54, 1.807) is 13.0 Å². The predicted molar refractivity (Wildman–Crippen MR) is 98.4 cm³/mol. The highest BCUT2D eigenvalue weighted by molar-refractivity contribution is 5.95. The molecule has 150 valence electrons. The van der Waals surface area contributed by atoms with Crippen LogP contribution in [0.4, 0.5) is 8.78 Å². The van der Waals surface area contributed by atoms with Crippen molar-refractivity contribution in [3.8, 4) is 0 Å². The van der Waals surface area contributed by atoms with E-state index in [1.165, 1.54) is 30.5 Å². The molecule has 3 rings (SSSR count). The Hall–Kier alpha value is -2.74. The van der Waals surface area contributed by atoms with E-state index >= 15 is 0 Å². The number of halogens is 2. The third-order valence-corrected chi connectivity index (χ3v) is 4.78. The smallest absolute Gasteiger partial charge is 0.287 e. The molecular weight excluding hydrogens is 368 g/mol. The number of rotatable bonds is 6. The van der Waals surface area contributed by atoms with Crippen molar-refractivity contribution in [2.75, 3.05) is 13.1 Å². The first-order valence-corrected chi connectivity index (χ1v) is 9.24. The Morgan fingerprint density at radius 3 is 2.68 bits per heavy atom. The predicted octanol–water partition coefficient (Wildman–Crippen LogP) is 2.46. The Bertz CT molecular complexity index is 806. The third-order valence-electron chi connectivity index (χ3n) is 4.78. The van der Waals surface area contributed by atoms with Crippen LogP contribution in [0, 0.1) is 11.6 Å². The minimum absolute atomic E-state index is 0.0357. The minimum Gasteiger partial charge on any atom is -0.459 e. The molecule has 0 bridgehead atoms. The van der Waals surface area contributed by atoms with Crippen molar-refractivity contribution in [1.82, 2.24) is 15.5 Å². The van der Waals surface area contributed by atoms with Crippen molar-refractivity contribution < 1.29 is 22.8 Å². The molecule has 2 N–H and O–H groups in total. The molecule has 1 aromatic carbocycles. The van der Waals surface area contributed by atoms with E-state index in [-0.39, 0.29) is 29.8 Å². The van der Waals surface area contributed by atoms with Gasteiger partial charge in [0.05, 0.1) is 6.26 Å². The molecule has 1 aliphatic rings. The largest absolute Gasteiger partial charge is 0.459 e. The van der Waals surface area contributed by atoms with Crippen molar-refractivity contribution in [1.29, 1.82) is 0 Å². The van der Waals surface area contributed by atoms with Crippen molar-refractivity contribution in [2.24, 2.45) is 0 Å². The maximum atomic E-state index is 13.9. The second-order valence-corrected chi connectivity index (χ2v) is 6.96. The summed E-state index contributed by atoms with van der Waals surface area (Å²) in [6.45, 7) is 2.92. The molecule has 8 heteroatoms. The van der Waals surface area contributed by atoms with E-state index in [2.05, 4.69) is 10.6 Å². The fourth-order valence-corrected chi connectivity index (χ4v) is 3.29. The number of carbonyl (C=O) groups is 2. The molecule has 0 spiro atoms. The second kappa shape index (κ2) is 8.97. The van der Waals surface area contributed by atoms with Crippen LogP contribution in [-0.4, -0.2) is 41.9 Å². The summed E-state index contributed by atoms with van der Waals surface area (Å²) < 4.78 is 32.7. The van der Waals surface area contributed by atoms with Gasteiger partial charge in [-0.2, -0.15) is 0 Å². The van der Waals surface area contributed by atoms with Crippen LogP contribution in [0.15, 0.2) is 41.0 Å². The van der Waals surface area contributed by atoms with E-state index in [0.29, 0.717) is 13.1 Å². The van der Waals surface area contributed by atoms with Crippen LogP contribution in [0.25, 0.3) is 0 Å². The van der Waals surface area contributed by atoms with Gasteiger partial charge in [0, 0.05) is 24.7 Å². The van der Waals surface area contributed by atoms with E-state index < -0.39 is 23.6 Å². The molecule has 0 radical (unpaired) electrons. The van der Waals surface area contributed by atoms with Gasteiger partial charge in [0.15, 0.2) is 5.76 Å². The average Bonchev–Trinajstić information content (AvgIpc) is 3.20. The maximum absolute atomic E-state index is 13.9. The van der Waals surface area contributed by atoms with E-state index in [0.717, 1.165) is 12.8 Å². The van der Waals surface area contributed by atoms with Gasteiger partial charge >= 0.3 is 0 Å². The van der Waals surface area contributed by atoms with E-state index in [9.17, 15) is 18.4 Å². The van der Waals surface area contributed by atoms with Crippen LogP contribution < -0.4 is 10.6 Å². The number of hydrogen-bond donors (Lipinski definition) is 2. The second-order valence-electron chi connectivity index (χ2n) is 6.96. The number of furan rings is 1. The molecule has 2 amide bonds. The van der Waals surface area contributed by atoms with Gasteiger partial charge in [-0.1, -0.05) is 6.07 Å². The highest BCUT2D eigenvalue weighted by atomic mass is 19.1. The van der Waals surface area contributed by atoms with Gasteiger partial charge in [0.25, 0.3) is 5.91 Å². The van der Waals surface area contributed by atoms with Gasteiger partial charge in [-0.3, -0.25) is 14.5 Å². The highest BCUT2D eigenvalue weighted by Crippen LogP contribution is 2.18. The Kier molecular flexibility index (Phi) is 6.41. The molecule has 2 aromatic rings. The monoisotopic (exact) mass is 391 g/mol. The highest BCUT2D eigenvalue weighted by Gasteiger charge is 2.25. The van der Waals surface area contributed by atoms with Crippen molar-refractivity contribution in [3.05, 3.63) is 59.6 Å². The Balaban J connectivity index is 1.52. The molecule has 1 fully saturated rings. The first kappa shape index (κ1) is 20.0. The summed E-state index contributed by atoms with van der Waals surface area (Å²) in [4.78, 5) is 26.3. The number of likely N-dealkylation sites (tertiary alicyclic amines) is 1. The SMILES string of the molecule is CC(NC(=O)c1ccco1)C(=O)NC1CCCN(Cc2c(F)cccc2F)C1. The molecule has 2 heterocycles. The lowest BCUT2D eigenvalue weighted by molar-refractivity contribution is -0.123. The minimum atomic E-state index is -0.739. The number of carbonyl (C=O) groups excluding carboxylic acids is 2. The summed E-state index contributed by atoms with van der Waals surface area (Å²) >= 11 is 0. The van der Waals surface area contributed by atoms with Gasteiger partial charge < -0.3 is 15.1 Å². The number of amides is 2. The van der Waals surface area contributed by atoms with Crippen LogP contribution in [0.5, 0.6) is 0 Å². The summed E-state index contributed by atoms with van der Waals surface area (Å²) in [5.41, 5.74) is 0.0357. The van der Waals surface area contributed by atoms with Gasteiger partial charge in [0.1, 0.15) is 17.7 Å². The molecule has 1 saturated heterocycles. The van der Waals surface area contributed by atoms with E-state index in [1.807, 2.05) is 4.90 Å². The molecule has 2 atom stereocenters. The summed E-state index contributed by atoms with van der Waals surface area (Å²) in [6.07, 6.45) is 2.95. The van der Waals surface area contributed by atoms with Gasteiger partial charge in [-0.15, -0.1) is 0 Å². The maximum Gasteiger partial charge on any atom is 0.287 e. The first-order valence-electron chi connectivity index (χ1n) is 9.24. The van der Waals surface area contributed by atoms with E-state index in [4.69, 9.17) is 4.42 Å². The average molecular weight is 391 g/mol. The van der Waals surface area contributed by atoms with Crippen molar-refractivity contribution in [2.45, 2.75) is 38.4 Å². The van der Waals surface area contributed by atoms with Crippen LogP contribution in [0.1, 0.15) is 35.9 Å². The first-order chi connectivity index (χ1) is 13.4. The zero-order valence-corrected chi connectivity index (χ0v) is 15.6. The van der Waals surface area contributed by atoms with Crippen molar-refractivity contribution >= 4 is 11.8 Å². The quantitative estimate of drug-likeness (QED) is 0.793. The molecule has 1 aromatic heterocycles. The molecule has 2 unspecified atom stereocenters. The molecule has 28 heavy (non-hydrogen) atoms. The summed E-state index contributed by atoms with van der Waals surface area (Å²) in [6, 6.07) is 6.04. The standard InChI is InChI=1S/C20H23F2N3O3/c1-13(23-20(27)18-8-4-10-28-18)19(26)24-14-5-3-9-25(11-14)12-15-16(21)6-2-7-17(15)22/h2,4,6-8,10,13-14H,3,5,9,11-12H2,1H3,(H,23,27)(H,24,26). The van der Waals surface area contributed by atoms with Crippen molar-refractivity contribution in [3.63, 3.8) is 0 Å². The number of nitrogens with zero attached hydrogens (tertiary/aromatic N) is 1. The summed E-state index contributed by atoms with van der Waals surface area (Å²) in [5.74, 6) is -1.78. The van der Waals surface area contributed by atoms with Crippen LogP contribution in [-0.2, 0) is 11.3 Å². The molecule has 1 aliphatic heterocycles. The van der Waals surface area contributed by atoms with Gasteiger partial charge in [-0.25, -0.2) is 8.78 Å². The normalized spacial score (nSPS) is 18.5. The topological polar surface area (TPSA) is 74.6 Å². The lowest BCUT2D eigenvalue weighted by Gasteiger charge is -2.33. The molecular formula is C20H23F2N3O3. The summed E-state index contributed by atoms with van der Waals surface area (Å²) in [7, 11) is 0. The van der Waals surface area contributed by atoms with Gasteiger partial charge in [0.2, 0.25) is 5.91 Å². The number of benzene rings is 1. The van der Waals surface area contributed by atoms with Crippen LogP contribution in [0.3, 0.4) is 0 Å².